The average Bonchev–Trinajstić information content (AvgIpc) is 2.77. The fourth-order valence-electron chi connectivity index (χ4n) is 5.34. The van der Waals surface area contributed by atoms with Crippen LogP contribution in [0.4, 0.5) is 0 Å². The van der Waals surface area contributed by atoms with E-state index in [2.05, 4.69) is 15.6 Å². The Morgan fingerprint density at radius 3 is 2.29 bits per heavy atom. The van der Waals surface area contributed by atoms with Gasteiger partial charge in [-0.2, -0.15) is 0 Å². The van der Waals surface area contributed by atoms with Gasteiger partial charge in [-0.05, 0) is 56.3 Å². The van der Waals surface area contributed by atoms with Crippen LogP contribution in [0.1, 0.15) is 38.5 Å². The molecule has 1 heterocycles. The maximum atomic E-state index is 3.63. The molecule has 0 unspecified atom stereocenters. The van der Waals surface area contributed by atoms with E-state index in [1.54, 1.807) is 19.3 Å². The topological polar surface area (TPSA) is 38.0 Å². The monoisotopic (exact) mass is 234 g/mol. The van der Waals surface area contributed by atoms with Crippen LogP contribution in [0, 0.1) is 23.2 Å². The smallest absolute Gasteiger partial charge is 0.278 e. The van der Waals surface area contributed by atoms with Crippen molar-refractivity contribution in [1.29, 1.82) is 0 Å². The number of hydrogen-bond acceptors (Lipinski definition) is 2. The molecule has 3 nitrogen and oxygen atoms in total. The van der Waals surface area contributed by atoms with Crippen molar-refractivity contribution < 1.29 is 4.99 Å². The third-order valence-corrected chi connectivity index (χ3v) is 5.53. The molecule has 0 aromatic carbocycles. The van der Waals surface area contributed by atoms with E-state index in [-0.39, 0.29) is 0 Å². The van der Waals surface area contributed by atoms with E-state index in [1.165, 1.54) is 31.8 Å². The molecule has 3 heteroatoms. The van der Waals surface area contributed by atoms with Crippen molar-refractivity contribution >= 4 is 5.96 Å². The van der Waals surface area contributed by atoms with Crippen molar-refractivity contribution in [1.82, 2.24) is 10.6 Å². The standard InChI is InChI=1S/C14H23N3/c1-2-16-13(15-1)17-9-14-6-10-3-11(7-14)5-12(4-10)8-14/h10-12H,1-9H2,(H2,15,16,17)/p+1. The molecule has 0 spiro atoms. The van der Waals surface area contributed by atoms with E-state index in [9.17, 15) is 0 Å². The highest BCUT2D eigenvalue weighted by molar-refractivity contribution is 5.74. The number of rotatable bonds is 2. The molecule has 94 valence electrons. The molecule has 0 aromatic heterocycles. The van der Waals surface area contributed by atoms with Crippen LogP contribution < -0.4 is 15.6 Å². The molecule has 5 aliphatic rings. The minimum absolute atomic E-state index is 0.647. The lowest BCUT2D eigenvalue weighted by atomic mass is 9.49. The molecule has 4 aliphatic carbocycles. The first-order chi connectivity index (χ1) is 8.31. The SMILES string of the molecule is C1C[NH+]=C(NCC23CC4CC(CC(C4)C2)C3)N1. The summed E-state index contributed by atoms with van der Waals surface area (Å²) in [6.45, 7) is 3.35. The van der Waals surface area contributed by atoms with Crippen LogP contribution in [0.3, 0.4) is 0 Å². The van der Waals surface area contributed by atoms with Gasteiger partial charge in [-0.15, -0.1) is 0 Å². The van der Waals surface area contributed by atoms with E-state index in [0.29, 0.717) is 5.41 Å². The van der Waals surface area contributed by atoms with Crippen LogP contribution in [0.5, 0.6) is 0 Å². The minimum atomic E-state index is 0.647. The summed E-state index contributed by atoms with van der Waals surface area (Å²) < 4.78 is 0. The lowest BCUT2D eigenvalue weighted by molar-refractivity contribution is -0.446. The van der Waals surface area contributed by atoms with Gasteiger partial charge in [-0.25, -0.2) is 0 Å². The predicted molar refractivity (Wildman–Crippen MR) is 67.4 cm³/mol. The molecule has 3 N–H and O–H groups in total. The molecule has 5 rings (SSSR count). The highest BCUT2D eigenvalue weighted by Crippen LogP contribution is 2.59. The summed E-state index contributed by atoms with van der Waals surface area (Å²) >= 11 is 0. The highest BCUT2D eigenvalue weighted by atomic mass is 15.2. The molecular formula is C14H24N3+. The Bertz CT molecular complexity index is 312. The van der Waals surface area contributed by atoms with Crippen LogP contribution in [-0.4, -0.2) is 25.6 Å². The first-order valence-corrected chi connectivity index (χ1v) is 7.40. The minimum Gasteiger partial charge on any atom is -0.278 e. The number of guanidine groups is 1. The maximum absolute atomic E-state index is 3.63. The summed E-state index contributed by atoms with van der Waals surface area (Å²) in [5, 5.41) is 7.02. The van der Waals surface area contributed by atoms with E-state index in [0.717, 1.165) is 30.8 Å². The Labute approximate surface area is 103 Å². The molecule has 4 saturated carbocycles. The molecule has 4 fully saturated rings. The summed E-state index contributed by atoms with van der Waals surface area (Å²) in [6, 6.07) is 0. The van der Waals surface area contributed by atoms with E-state index < -0.39 is 0 Å². The predicted octanol–water partition coefficient (Wildman–Crippen LogP) is -0.168. The highest BCUT2D eigenvalue weighted by Gasteiger charge is 2.51. The van der Waals surface area contributed by atoms with Gasteiger partial charge >= 0.3 is 5.96 Å². The average molecular weight is 234 g/mol. The van der Waals surface area contributed by atoms with Crippen LogP contribution in [0.15, 0.2) is 0 Å². The van der Waals surface area contributed by atoms with Gasteiger partial charge in [0.15, 0.2) is 0 Å². The van der Waals surface area contributed by atoms with Gasteiger partial charge in [0.2, 0.25) is 0 Å². The van der Waals surface area contributed by atoms with Gasteiger partial charge in [0.25, 0.3) is 0 Å². The van der Waals surface area contributed by atoms with Crippen molar-refractivity contribution in [3.8, 4) is 0 Å². The zero-order chi connectivity index (χ0) is 11.3. The van der Waals surface area contributed by atoms with Crippen molar-refractivity contribution in [3.63, 3.8) is 0 Å². The Balaban J connectivity index is 1.45. The normalized spacial score (nSPS) is 46.8. The summed E-state index contributed by atoms with van der Waals surface area (Å²) in [7, 11) is 0. The molecule has 4 bridgehead atoms. The first kappa shape index (κ1) is 10.2. The summed E-state index contributed by atoms with van der Waals surface area (Å²) in [5.74, 6) is 4.38. The Morgan fingerprint density at radius 2 is 1.76 bits per heavy atom. The fraction of sp³-hybridized carbons (Fsp3) is 0.929. The second-order valence-electron chi connectivity index (χ2n) is 7.00. The van der Waals surface area contributed by atoms with Crippen LogP contribution in [-0.2, 0) is 0 Å². The Morgan fingerprint density at radius 1 is 1.12 bits per heavy atom. The lowest BCUT2D eigenvalue weighted by Crippen LogP contribution is -2.74. The summed E-state index contributed by atoms with van der Waals surface area (Å²) in [5.41, 5.74) is 0.647. The quantitative estimate of drug-likeness (QED) is 0.621. The van der Waals surface area contributed by atoms with Crippen LogP contribution in [0.2, 0.25) is 0 Å². The molecule has 0 amide bonds. The van der Waals surface area contributed by atoms with Crippen LogP contribution in [0.25, 0.3) is 0 Å². The van der Waals surface area contributed by atoms with Gasteiger partial charge in [0, 0.05) is 5.41 Å². The van der Waals surface area contributed by atoms with Crippen molar-refractivity contribution in [2.45, 2.75) is 38.5 Å². The first-order valence-electron chi connectivity index (χ1n) is 7.40. The molecular weight excluding hydrogens is 210 g/mol. The molecule has 1 aliphatic heterocycles. The largest absolute Gasteiger partial charge is 0.343 e. The van der Waals surface area contributed by atoms with Gasteiger partial charge < -0.3 is 0 Å². The molecule has 0 atom stereocenters. The Kier molecular flexibility index (Phi) is 2.18. The molecule has 0 aromatic rings. The number of nitrogens with one attached hydrogen (secondary N) is 3. The van der Waals surface area contributed by atoms with Crippen LogP contribution >= 0.6 is 0 Å². The van der Waals surface area contributed by atoms with Crippen molar-refractivity contribution in [2.75, 3.05) is 19.6 Å². The zero-order valence-electron chi connectivity index (χ0n) is 10.6. The third-order valence-electron chi connectivity index (χ3n) is 5.53. The van der Waals surface area contributed by atoms with E-state index in [1.807, 2.05) is 0 Å². The summed E-state index contributed by atoms with van der Waals surface area (Å²) in [4.78, 5) is 3.38. The second kappa shape index (κ2) is 3.63. The fourth-order valence-corrected chi connectivity index (χ4v) is 5.34. The van der Waals surface area contributed by atoms with E-state index in [4.69, 9.17) is 0 Å². The second-order valence-corrected chi connectivity index (χ2v) is 7.00. The van der Waals surface area contributed by atoms with Gasteiger partial charge in [-0.1, -0.05) is 0 Å². The molecule has 0 radical (unpaired) electrons. The maximum Gasteiger partial charge on any atom is 0.343 e. The zero-order valence-corrected chi connectivity index (χ0v) is 10.6. The van der Waals surface area contributed by atoms with E-state index >= 15 is 0 Å². The van der Waals surface area contributed by atoms with Gasteiger partial charge in [0.05, 0.1) is 19.6 Å². The third kappa shape index (κ3) is 1.74. The van der Waals surface area contributed by atoms with Crippen molar-refractivity contribution in [3.05, 3.63) is 0 Å². The molecule has 0 saturated heterocycles. The van der Waals surface area contributed by atoms with Crippen molar-refractivity contribution in [2.24, 2.45) is 23.2 Å². The molecule has 17 heavy (non-hydrogen) atoms. The summed E-state index contributed by atoms with van der Waals surface area (Å²) in [6.07, 6.45) is 9.14. The van der Waals surface area contributed by atoms with Gasteiger partial charge in [0.1, 0.15) is 0 Å². The lowest BCUT2D eigenvalue weighted by Gasteiger charge is -2.56. The Hall–Kier alpha value is -0.730. The van der Waals surface area contributed by atoms with Gasteiger partial charge in [-0.3, -0.25) is 15.6 Å². The number of hydrogen-bond donors (Lipinski definition) is 3.